The first-order valence-corrected chi connectivity index (χ1v) is 2.75. The van der Waals surface area contributed by atoms with E-state index in [9.17, 15) is 0 Å². The first-order chi connectivity index (χ1) is 4.22. The van der Waals surface area contributed by atoms with E-state index in [4.69, 9.17) is 5.73 Å². The second-order valence-electron chi connectivity index (χ2n) is 1.96. The van der Waals surface area contributed by atoms with Gasteiger partial charge in [-0.3, -0.25) is 0 Å². The van der Waals surface area contributed by atoms with Crippen molar-refractivity contribution in [3.05, 3.63) is 17.7 Å². The Hall–Kier alpha value is -0.830. The van der Waals surface area contributed by atoms with Gasteiger partial charge in [-0.1, -0.05) is 0 Å². The zero-order chi connectivity index (χ0) is 6.85. The molecule has 0 radical (unpaired) electrons. The molecule has 0 aliphatic carbocycles. The molecule has 0 aliphatic heterocycles. The minimum absolute atomic E-state index is 0. The molecule has 1 rings (SSSR count). The van der Waals surface area contributed by atoms with E-state index in [0.29, 0.717) is 5.69 Å². The van der Waals surface area contributed by atoms with Gasteiger partial charge in [-0.15, -0.1) is 12.4 Å². The van der Waals surface area contributed by atoms with Gasteiger partial charge < -0.3 is 5.73 Å². The molecule has 0 saturated carbocycles. The van der Waals surface area contributed by atoms with E-state index in [-0.39, 0.29) is 12.4 Å². The predicted octanol–water partition coefficient (Wildman–Crippen LogP) is 1.10. The zero-order valence-electron chi connectivity index (χ0n) is 5.96. The molecule has 2 N–H and O–H groups in total. The van der Waals surface area contributed by atoms with Gasteiger partial charge in [-0.2, -0.15) is 0 Å². The second-order valence-corrected chi connectivity index (χ2v) is 1.96. The highest BCUT2D eigenvalue weighted by atomic mass is 35.5. The SMILES string of the molecule is Cc1ncnc(C)c1N.Cl. The number of aromatic nitrogens is 2. The molecule has 0 aliphatic rings. The lowest BCUT2D eigenvalue weighted by Crippen LogP contribution is -1.97. The van der Waals surface area contributed by atoms with Gasteiger partial charge in [-0.25, -0.2) is 9.97 Å². The van der Waals surface area contributed by atoms with Gasteiger partial charge in [0.1, 0.15) is 6.33 Å². The second kappa shape index (κ2) is 3.37. The number of halogens is 1. The summed E-state index contributed by atoms with van der Waals surface area (Å²) >= 11 is 0. The molecule has 4 heteroatoms. The van der Waals surface area contributed by atoms with Crippen molar-refractivity contribution in [3.63, 3.8) is 0 Å². The fraction of sp³-hybridized carbons (Fsp3) is 0.333. The summed E-state index contributed by atoms with van der Waals surface area (Å²) in [5.74, 6) is 0. The zero-order valence-corrected chi connectivity index (χ0v) is 6.77. The fourth-order valence-electron chi connectivity index (χ4n) is 0.603. The number of hydrogen-bond acceptors (Lipinski definition) is 3. The summed E-state index contributed by atoms with van der Waals surface area (Å²) in [5.41, 5.74) is 7.95. The average molecular weight is 160 g/mol. The smallest absolute Gasteiger partial charge is 0.116 e. The minimum atomic E-state index is 0. The van der Waals surface area contributed by atoms with Crippen LogP contribution >= 0.6 is 12.4 Å². The van der Waals surface area contributed by atoms with E-state index in [2.05, 4.69) is 9.97 Å². The number of anilines is 1. The maximum Gasteiger partial charge on any atom is 0.116 e. The molecule has 3 nitrogen and oxygen atoms in total. The molecular weight excluding hydrogens is 150 g/mol. The molecule has 0 saturated heterocycles. The monoisotopic (exact) mass is 159 g/mol. The average Bonchev–Trinajstić information content (AvgIpc) is 1.83. The number of rotatable bonds is 0. The number of aryl methyl sites for hydroxylation is 2. The van der Waals surface area contributed by atoms with Crippen molar-refractivity contribution in [1.82, 2.24) is 9.97 Å². The highest BCUT2D eigenvalue weighted by Gasteiger charge is 1.95. The first kappa shape index (κ1) is 9.17. The van der Waals surface area contributed by atoms with E-state index in [1.54, 1.807) is 0 Å². The molecule has 1 aromatic rings. The molecule has 0 spiro atoms. The lowest BCUT2D eigenvalue weighted by Gasteiger charge is -1.98. The van der Waals surface area contributed by atoms with Crippen LogP contribution in [0.15, 0.2) is 6.33 Å². The Labute approximate surface area is 66.1 Å². The van der Waals surface area contributed by atoms with Crippen LogP contribution in [0.5, 0.6) is 0 Å². The lowest BCUT2D eigenvalue weighted by molar-refractivity contribution is 1.06. The van der Waals surface area contributed by atoms with E-state index in [1.165, 1.54) is 6.33 Å². The summed E-state index contributed by atoms with van der Waals surface area (Å²) in [4.78, 5) is 7.81. The summed E-state index contributed by atoms with van der Waals surface area (Å²) in [5, 5.41) is 0. The van der Waals surface area contributed by atoms with Gasteiger partial charge in [0, 0.05) is 0 Å². The molecule has 10 heavy (non-hydrogen) atoms. The predicted molar refractivity (Wildman–Crippen MR) is 43.2 cm³/mol. The largest absolute Gasteiger partial charge is 0.396 e. The Morgan fingerprint density at radius 1 is 1.20 bits per heavy atom. The highest BCUT2D eigenvalue weighted by molar-refractivity contribution is 5.85. The third-order valence-corrected chi connectivity index (χ3v) is 1.28. The Kier molecular flexibility index (Phi) is 3.09. The molecule has 1 heterocycles. The van der Waals surface area contributed by atoms with Crippen LogP contribution in [0.3, 0.4) is 0 Å². The van der Waals surface area contributed by atoms with Gasteiger partial charge >= 0.3 is 0 Å². The van der Waals surface area contributed by atoms with Crippen molar-refractivity contribution < 1.29 is 0 Å². The quantitative estimate of drug-likeness (QED) is 0.617. The van der Waals surface area contributed by atoms with Crippen LogP contribution in [0.25, 0.3) is 0 Å². The van der Waals surface area contributed by atoms with Crippen LogP contribution in [-0.2, 0) is 0 Å². The number of hydrogen-bond donors (Lipinski definition) is 1. The third kappa shape index (κ3) is 1.57. The molecule has 0 bridgehead atoms. The summed E-state index contributed by atoms with van der Waals surface area (Å²) < 4.78 is 0. The molecular formula is C6H10ClN3. The van der Waals surface area contributed by atoms with Crippen molar-refractivity contribution in [2.45, 2.75) is 13.8 Å². The Morgan fingerprint density at radius 2 is 1.60 bits per heavy atom. The number of nitrogens with two attached hydrogens (primary N) is 1. The maximum atomic E-state index is 5.56. The van der Waals surface area contributed by atoms with Gasteiger partial charge in [0.15, 0.2) is 0 Å². The maximum absolute atomic E-state index is 5.56. The van der Waals surface area contributed by atoms with Crippen LogP contribution in [0, 0.1) is 13.8 Å². The molecule has 0 unspecified atom stereocenters. The van der Waals surface area contributed by atoms with E-state index < -0.39 is 0 Å². The molecule has 56 valence electrons. The van der Waals surface area contributed by atoms with Gasteiger partial charge in [0.2, 0.25) is 0 Å². The summed E-state index contributed by atoms with van der Waals surface area (Å²) in [7, 11) is 0. The number of nitrogen functional groups attached to an aromatic ring is 1. The molecule has 0 atom stereocenters. The Morgan fingerprint density at radius 3 is 1.90 bits per heavy atom. The van der Waals surface area contributed by atoms with Gasteiger partial charge in [0.05, 0.1) is 17.1 Å². The van der Waals surface area contributed by atoms with Crippen LogP contribution < -0.4 is 5.73 Å². The summed E-state index contributed by atoms with van der Waals surface area (Å²) in [6, 6.07) is 0. The van der Waals surface area contributed by atoms with Gasteiger partial charge in [0.25, 0.3) is 0 Å². The topological polar surface area (TPSA) is 51.8 Å². The molecule has 0 aromatic carbocycles. The lowest BCUT2D eigenvalue weighted by atomic mass is 10.3. The molecule has 0 amide bonds. The molecule has 0 fully saturated rings. The van der Waals surface area contributed by atoms with E-state index in [0.717, 1.165) is 11.4 Å². The van der Waals surface area contributed by atoms with Crippen molar-refractivity contribution in [2.75, 3.05) is 5.73 Å². The van der Waals surface area contributed by atoms with Crippen LogP contribution in [0.2, 0.25) is 0 Å². The van der Waals surface area contributed by atoms with Crippen molar-refractivity contribution >= 4 is 18.1 Å². The van der Waals surface area contributed by atoms with Crippen molar-refractivity contribution in [2.24, 2.45) is 0 Å². The van der Waals surface area contributed by atoms with Crippen molar-refractivity contribution in [1.29, 1.82) is 0 Å². The normalized spacial score (nSPS) is 8.60. The first-order valence-electron chi connectivity index (χ1n) is 2.75. The third-order valence-electron chi connectivity index (χ3n) is 1.28. The standard InChI is InChI=1S/C6H9N3.ClH/c1-4-6(7)5(2)9-3-8-4;/h3H,7H2,1-2H3;1H. The van der Waals surface area contributed by atoms with Crippen molar-refractivity contribution in [3.8, 4) is 0 Å². The molecule has 1 aromatic heterocycles. The highest BCUT2D eigenvalue weighted by Crippen LogP contribution is 2.07. The Balaban J connectivity index is 0.000000810. The minimum Gasteiger partial charge on any atom is -0.396 e. The number of nitrogens with zero attached hydrogens (tertiary/aromatic N) is 2. The van der Waals surface area contributed by atoms with Crippen LogP contribution in [0.4, 0.5) is 5.69 Å². The van der Waals surface area contributed by atoms with Crippen LogP contribution in [0.1, 0.15) is 11.4 Å². The summed E-state index contributed by atoms with van der Waals surface area (Å²) in [6.45, 7) is 3.73. The van der Waals surface area contributed by atoms with Gasteiger partial charge in [-0.05, 0) is 13.8 Å². The Bertz CT molecular complexity index is 204. The van der Waals surface area contributed by atoms with E-state index in [1.807, 2.05) is 13.8 Å². The summed E-state index contributed by atoms with van der Waals surface area (Å²) in [6.07, 6.45) is 1.51. The fourth-order valence-corrected chi connectivity index (χ4v) is 0.603. The van der Waals surface area contributed by atoms with Crippen LogP contribution in [-0.4, -0.2) is 9.97 Å². The van der Waals surface area contributed by atoms with E-state index >= 15 is 0 Å².